The summed E-state index contributed by atoms with van der Waals surface area (Å²) >= 11 is 0. The Morgan fingerprint density at radius 3 is 2.79 bits per heavy atom. The number of anilines is 1. The van der Waals surface area contributed by atoms with Crippen LogP contribution in [0.25, 0.3) is 22.2 Å². The molecule has 1 aromatic carbocycles. The number of benzene rings is 1. The number of hydrogen-bond acceptors (Lipinski definition) is 6. The highest BCUT2D eigenvalue weighted by molar-refractivity contribution is 5.79. The number of hydrogen-bond donors (Lipinski definition) is 2. The van der Waals surface area contributed by atoms with Gasteiger partial charge in [0.2, 0.25) is 5.95 Å². The lowest BCUT2D eigenvalue weighted by Gasteiger charge is -2.01. The Bertz CT molecular complexity index is 826. The lowest BCUT2D eigenvalue weighted by molar-refractivity contribution is 0.555. The van der Waals surface area contributed by atoms with E-state index in [1.54, 1.807) is 36.8 Å². The number of nitriles is 1. The molecule has 0 saturated carbocycles. The maximum absolute atomic E-state index is 11.1. The fraction of sp³-hybridized carbons (Fsp3) is 0. The fourth-order valence-electron chi connectivity index (χ4n) is 1.72. The zero-order chi connectivity index (χ0) is 13.2. The zero-order valence-corrected chi connectivity index (χ0v) is 9.54. The molecule has 0 fully saturated rings. The summed E-state index contributed by atoms with van der Waals surface area (Å²) in [6.45, 7) is 0. The van der Waals surface area contributed by atoms with E-state index in [2.05, 4.69) is 20.3 Å². The molecule has 92 valence electrons. The molecular weight excluding hydrogens is 246 g/mol. The monoisotopic (exact) mass is 253 g/mol. The van der Waals surface area contributed by atoms with E-state index in [1.807, 2.05) is 0 Å². The van der Waals surface area contributed by atoms with Crippen LogP contribution >= 0.6 is 0 Å². The summed E-state index contributed by atoms with van der Waals surface area (Å²) in [6, 6.07) is 5.27. The smallest absolute Gasteiger partial charge is 0.408 e. The quantitative estimate of drug-likeness (QED) is 0.529. The van der Waals surface area contributed by atoms with E-state index in [1.165, 1.54) is 0 Å². The van der Waals surface area contributed by atoms with Crippen molar-refractivity contribution in [2.75, 3.05) is 5.32 Å². The van der Waals surface area contributed by atoms with Crippen LogP contribution in [-0.2, 0) is 0 Å². The van der Waals surface area contributed by atoms with Crippen LogP contribution in [0.5, 0.6) is 0 Å². The molecule has 3 aromatic rings. The van der Waals surface area contributed by atoms with Crippen molar-refractivity contribution in [2.45, 2.75) is 0 Å². The molecule has 19 heavy (non-hydrogen) atoms. The molecule has 0 radical (unpaired) electrons. The molecule has 0 aliphatic heterocycles. The molecule has 0 aliphatic carbocycles. The van der Waals surface area contributed by atoms with Crippen molar-refractivity contribution in [1.82, 2.24) is 15.0 Å². The predicted molar refractivity (Wildman–Crippen MR) is 67.1 cm³/mol. The lowest BCUT2D eigenvalue weighted by Crippen LogP contribution is -1.95. The van der Waals surface area contributed by atoms with Crippen molar-refractivity contribution in [2.24, 2.45) is 0 Å². The molecule has 0 atom stereocenters. The lowest BCUT2D eigenvalue weighted by atomic mass is 10.1. The van der Waals surface area contributed by atoms with Gasteiger partial charge in [-0.1, -0.05) is 6.07 Å². The van der Waals surface area contributed by atoms with Gasteiger partial charge in [-0.2, -0.15) is 5.26 Å². The molecule has 0 spiro atoms. The molecule has 7 nitrogen and oxygen atoms in total. The van der Waals surface area contributed by atoms with Crippen LogP contribution in [0, 0.1) is 11.5 Å². The van der Waals surface area contributed by atoms with Crippen molar-refractivity contribution in [3.8, 4) is 17.3 Å². The molecular formula is C12H7N5O2. The van der Waals surface area contributed by atoms with Crippen LogP contribution in [0.15, 0.2) is 39.8 Å². The van der Waals surface area contributed by atoms with Gasteiger partial charge in [-0.05, 0) is 17.7 Å². The summed E-state index contributed by atoms with van der Waals surface area (Å²) in [6.07, 6.45) is 4.92. The van der Waals surface area contributed by atoms with Crippen LogP contribution in [0.4, 0.5) is 5.95 Å². The number of H-pyrrole nitrogens is 1. The Hall–Kier alpha value is -3.14. The highest BCUT2D eigenvalue weighted by Gasteiger charge is 2.05. The predicted octanol–water partition coefficient (Wildman–Crippen LogP) is 1.47. The first kappa shape index (κ1) is 11.0. The summed E-state index contributed by atoms with van der Waals surface area (Å²) in [5.41, 5.74) is 2.72. The van der Waals surface area contributed by atoms with E-state index in [4.69, 9.17) is 9.68 Å². The van der Waals surface area contributed by atoms with Gasteiger partial charge in [0.25, 0.3) is 0 Å². The minimum Gasteiger partial charge on any atom is -0.408 e. The molecule has 7 heteroatoms. The van der Waals surface area contributed by atoms with Crippen molar-refractivity contribution < 1.29 is 4.42 Å². The average molecular weight is 253 g/mol. The second-order valence-corrected chi connectivity index (χ2v) is 3.76. The zero-order valence-electron chi connectivity index (χ0n) is 9.54. The molecule has 0 amide bonds. The van der Waals surface area contributed by atoms with E-state index in [9.17, 15) is 4.79 Å². The molecule has 3 rings (SSSR count). The molecule has 0 saturated heterocycles. The molecule has 0 unspecified atom stereocenters. The third-order valence-corrected chi connectivity index (χ3v) is 2.57. The maximum atomic E-state index is 11.1. The van der Waals surface area contributed by atoms with Gasteiger partial charge in [0.05, 0.1) is 5.52 Å². The number of fused-ring (bicyclic) bond motifs is 1. The Morgan fingerprint density at radius 1 is 1.26 bits per heavy atom. The van der Waals surface area contributed by atoms with Crippen LogP contribution < -0.4 is 11.1 Å². The second kappa shape index (κ2) is 4.27. The summed E-state index contributed by atoms with van der Waals surface area (Å²) in [5, 5.41) is 10.8. The third-order valence-electron chi connectivity index (χ3n) is 2.57. The molecule has 2 heterocycles. The molecule has 2 N–H and O–H groups in total. The first-order chi connectivity index (χ1) is 9.26. The summed E-state index contributed by atoms with van der Waals surface area (Å²) in [5.74, 6) is -0.249. The Balaban J connectivity index is 2.03. The van der Waals surface area contributed by atoms with Crippen LogP contribution in [0.2, 0.25) is 0 Å². The highest BCUT2D eigenvalue weighted by atomic mass is 16.4. The minimum absolute atomic E-state index is 0.240. The van der Waals surface area contributed by atoms with Gasteiger partial charge in [0, 0.05) is 18.0 Å². The van der Waals surface area contributed by atoms with E-state index in [0.29, 0.717) is 11.1 Å². The van der Waals surface area contributed by atoms with E-state index >= 15 is 0 Å². The Labute approximate surface area is 106 Å². The second-order valence-electron chi connectivity index (χ2n) is 3.76. The van der Waals surface area contributed by atoms with Crippen molar-refractivity contribution in [3.05, 3.63) is 41.1 Å². The van der Waals surface area contributed by atoms with Crippen molar-refractivity contribution in [3.63, 3.8) is 0 Å². The summed E-state index contributed by atoms with van der Waals surface area (Å²) < 4.78 is 4.92. The number of nitrogens with zero attached hydrogens (tertiary/aromatic N) is 3. The minimum atomic E-state index is -0.489. The highest BCUT2D eigenvalue weighted by Crippen LogP contribution is 2.22. The van der Waals surface area contributed by atoms with Gasteiger partial charge < -0.3 is 4.42 Å². The molecule has 2 aromatic heterocycles. The number of nitrogens with one attached hydrogen (secondary N) is 2. The van der Waals surface area contributed by atoms with E-state index in [0.717, 1.165) is 11.1 Å². The van der Waals surface area contributed by atoms with Crippen LogP contribution in [-0.4, -0.2) is 15.0 Å². The van der Waals surface area contributed by atoms with Gasteiger partial charge in [-0.15, -0.1) is 0 Å². The fourth-order valence-corrected chi connectivity index (χ4v) is 1.72. The average Bonchev–Trinajstić information content (AvgIpc) is 2.79. The van der Waals surface area contributed by atoms with Gasteiger partial charge in [0.1, 0.15) is 0 Å². The van der Waals surface area contributed by atoms with Gasteiger partial charge >= 0.3 is 5.76 Å². The standard InChI is InChI=1S/C12H7N5O2/c13-6-16-11-14-4-8(5-15-11)7-1-2-10-9(3-7)17-12(18)19-10/h1-5H,(H,17,18)(H,14,15,16). The van der Waals surface area contributed by atoms with Crippen LogP contribution in [0.1, 0.15) is 0 Å². The number of rotatable bonds is 2. The SMILES string of the molecule is N#CNc1ncc(-c2ccc3oc(=O)[nH]c3c2)cn1. The van der Waals surface area contributed by atoms with Crippen LogP contribution in [0.3, 0.4) is 0 Å². The van der Waals surface area contributed by atoms with Crippen molar-refractivity contribution in [1.29, 1.82) is 5.26 Å². The van der Waals surface area contributed by atoms with Crippen molar-refractivity contribution >= 4 is 17.0 Å². The van der Waals surface area contributed by atoms with Gasteiger partial charge in [-0.25, -0.2) is 14.8 Å². The summed E-state index contributed by atoms with van der Waals surface area (Å²) in [4.78, 5) is 21.6. The normalized spacial score (nSPS) is 10.3. The Morgan fingerprint density at radius 2 is 2.05 bits per heavy atom. The number of aromatic amines is 1. The van der Waals surface area contributed by atoms with Gasteiger partial charge in [-0.3, -0.25) is 10.3 Å². The third kappa shape index (κ3) is 2.02. The first-order valence-electron chi connectivity index (χ1n) is 5.36. The maximum Gasteiger partial charge on any atom is 0.417 e. The Kier molecular flexibility index (Phi) is 2.47. The topological polar surface area (TPSA) is 108 Å². The van der Waals surface area contributed by atoms with E-state index in [-0.39, 0.29) is 5.95 Å². The summed E-state index contributed by atoms with van der Waals surface area (Å²) in [7, 11) is 0. The molecule has 0 aliphatic rings. The molecule has 0 bridgehead atoms. The largest absolute Gasteiger partial charge is 0.417 e. The first-order valence-corrected chi connectivity index (χ1v) is 5.36. The van der Waals surface area contributed by atoms with E-state index < -0.39 is 5.76 Å². The van der Waals surface area contributed by atoms with Gasteiger partial charge in [0.15, 0.2) is 11.8 Å². The number of aromatic nitrogens is 3. The number of oxazole rings is 1.